The minimum Gasteiger partial charge on any atom is -0.396 e. The highest BCUT2D eigenvalue weighted by Gasteiger charge is 2.39. The van der Waals surface area contributed by atoms with Crippen LogP contribution in [-0.4, -0.2) is 22.4 Å². The van der Waals surface area contributed by atoms with E-state index >= 15 is 0 Å². The van der Waals surface area contributed by atoms with Gasteiger partial charge in [-0.25, -0.2) is 0 Å². The highest BCUT2D eigenvalue weighted by Crippen LogP contribution is 2.39. The lowest BCUT2D eigenvalue weighted by Gasteiger charge is -2.10. The van der Waals surface area contributed by atoms with Crippen molar-refractivity contribution >= 4 is 0 Å². The van der Waals surface area contributed by atoms with Gasteiger partial charge < -0.3 is 10.2 Å². The van der Waals surface area contributed by atoms with E-state index in [1.807, 2.05) is 6.92 Å². The van der Waals surface area contributed by atoms with Crippen LogP contribution in [0.4, 0.5) is 0 Å². The van der Waals surface area contributed by atoms with Crippen LogP contribution in [0, 0.1) is 0 Å². The molecule has 0 radical (unpaired) electrons. The van der Waals surface area contributed by atoms with Gasteiger partial charge in [0.2, 0.25) is 0 Å². The molecule has 2 N–H and O–H groups in total. The Balaban J connectivity index is 1.91. The maximum absolute atomic E-state index is 9.74. The van der Waals surface area contributed by atoms with Gasteiger partial charge in [-0.05, 0) is 36.8 Å². The highest BCUT2D eigenvalue weighted by atomic mass is 16.3. The van der Waals surface area contributed by atoms with Crippen LogP contribution in [0.15, 0.2) is 24.3 Å². The third-order valence-corrected chi connectivity index (χ3v) is 3.53. The molecule has 1 aromatic carbocycles. The van der Waals surface area contributed by atoms with Crippen molar-refractivity contribution in [1.82, 2.24) is 0 Å². The van der Waals surface area contributed by atoms with Crippen LogP contribution >= 0.6 is 0 Å². The van der Waals surface area contributed by atoms with E-state index in [0.29, 0.717) is 0 Å². The first-order valence-electron chi connectivity index (χ1n) is 6.05. The number of benzene rings is 1. The SMILES string of the molecule is CC(CO)c1ccc(CCC2(O)CC2)cc1. The van der Waals surface area contributed by atoms with Crippen LogP contribution in [0.5, 0.6) is 0 Å². The molecule has 1 unspecified atom stereocenters. The lowest BCUT2D eigenvalue weighted by atomic mass is 9.98. The van der Waals surface area contributed by atoms with Crippen molar-refractivity contribution < 1.29 is 10.2 Å². The summed E-state index contributed by atoms with van der Waals surface area (Å²) in [7, 11) is 0. The van der Waals surface area contributed by atoms with Crippen LogP contribution < -0.4 is 0 Å². The smallest absolute Gasteiger partial charge is 0.0653 e. The summed E-state index contributed by atoms with van der Waals surface area (Å²) < 4.78 is 0. The second-order valence-corrected chi connectivity index (χ2v) is 5.05. The second kappa shape index (κ2) is 4.56. The molecule has 88 valence electrons. The summed E-state index contributed by atoms with van der Waals surface area (Å²) in [6.07, 6.45) is 3.76. The molecule has 1 aliphatic carbocycles. The molecule has 2 nitrogen and oxygen atoms in total. The largest absolute Gasteiger partial charge is 0.396 e. The average molecular weight is 220 g/mol. The maximum Gasteiger partial charge on any atom is 0.0653 e. The third kappa shape index (κ3) is 2.83. The van der Waals surface area contributed by atoms with Crippen molar-refractivity contribution in [3.05, 3.63) is 35.4 Å². The Labute approximate surface area is 96.9 Å². The van der Waals surface area contributed by atoms with Gasteiger partial charge in [-0.2, -0.15) is 0 Å². The summed E-state index contributed by atoms with van der Waals surface area (Å²) in [5.74, 6) is 0.210. The molecule has 2 rings (SSSR count). The van der Waals surface area contributed by atoms with Crippen molar-refractivity contribution in [3.63, 3.8) is 0 Å². The Hall–Kier alpha value is -0.860. The van der Waals surface area contributed by atoms with Crippen molar-refractivity contribution in [2.45, 2.75) is 44.1 Å². The number of hydrogen-bond acceptors (Lipinski definition) is 2. The van der Waals surface area contributed by atoms with E-state index in [4.69, 9.17) is 5.11 Å². The topological polar surface area (TPSA) is 40.5 Å². The molecule has 1 fully saturated rings. The molecule has 1 aliphatic rings. The van der Waals surface area contributed by atoms with Crippen LogP contribution in [0.25, 0.3) is 0 Å². The van der Waals surface area contributed by atoms with E-state index in [2.05, 4.69) is 24.3 Å². The fourth-order valence-electron chi connectivity index (χ4n) is 1.89. The number of hydrogen-bond donors (Lipinski definition) is 2. The van der Waals surface area contributed by atoms with Gasteiger partial charge in [0, 0.05) is 12.5 Å². The normalized spacial score (nSPS) is 19.4. The zero-order valence-electron chi connectivity index (χ0n) is 9.82. The zero-order chi connectivity index (χ0) is 11.6. The van der Waals surface area contributed by atoms with Gasteiger partial charge in [0.1, 0.15) is 0 Å². The second-order valence-electron chi connectivity index (χ2n) is 5.05. The quantitative estimate of drug-likeness (QED) is 0.799. The van der Waals surface area contributed by atoms with Crippen molar-refractivity contribution in [2.24, 2.45) is 0 Å². The Bertz CT molecular complexity index is 338. The van der Waals surface area contributed by atoms with Crippen LogP contribution in [-0.2, 0) is 6.42 Å². The van der Waals surface area contributed by atoms with Gasteiger partial charge >= 0.3 is 0 Å². The Kier molecular flexibility index (Phi) is 3.31. The first kappa shape index (κ1) is 11.6. The molecular formula is C14H20O2. The standard InChI is InChI=1S/C14H20O2/c1-11(10-15)13-4-2-12(3-5-13)6-7-14(16)8-9-14/h2-5,11,15-16H,6-10H2,1H3. The molecule has 1 atom stereocenters. The monoisotopic (exact) mass is 220 g/mol. The Morgan fingerprint density at radius 1 is 1.25 bits per heavy atom. The first-order chi connectivity index (χ1) is 7.63. The van der Waals surface area contributed by atoms with Gasteiger partial charge in [-0.1, -0.05) is 31.2 Å². The minimum absolute atomic E-state index is 0.194. The molecule has 0 spiro atoms. The Morgan fingerprint density at radius 2 is 1.88 bits per heavy atom. The van der Waals surface area contributed by atoms with Gasteiger partial charge in [0.05, 0.1) is 5.60 Å². The lowest BCUT2D eigenvalue weighted by molar-refractivity contribution is 0.140. The third-order valence-electron chi connectivity index (χ3n) is 3.53. The van der Waals surface area contributed by atoms with E-state index in [1.165, 1.54) is 11.1 Å². The van der Waals surface area contributed by atoms with Crippen molar-refractivity contribution in [3.8, 4) is 0 Å². The van der Waals surface area contributed by atoms with Gasteiger partial charge in [-0.15, -0.1) is 0 Å². The van der Waals surface area contributed by atoms with Gasteiger partial charge in [0.25, 0.3) is 0 Å². The van der Waals surface area contributed by atoms with E-state index < -0.39 is 0 Å². The first-order valence-corrected chi connectivity index (χ1v) is 6.05. The molecule has 1 saturated carbocycles. The predicted octanol–water partition coefficient (Wildman–Crippen LogP) is 2.24. The van der Waals surface area contributed by atoms with Crippen molar-refractivity contribution in [2.75, 3.05) is 6.61 Å². The fraction of sp³-hybridized carbons (Fsp3) is 0.571. The summed E-state index contributed by atoms with van der Waals surface area (Å²) >= 11 is 0. The molecule has 0 bridgehead atoms. The summed E-state index contributed by atoms with van der Waals surface area (Å²) in [6, 6.07) is 8.36. The van der Waals surface area contributed by atoms with E-state index in [1.54, 1.807) is 0 Å². The minimum atomic E-state index is -0.350. The van der Waals surface area contributed by atoms with Crippen LogP contribution in [0.1, 0.15) is 43.2 Å². The molecule has 0 saturated heterocycles. The summed E-state index contributed by atoms with van der Waals surface area (Å²) in [6.45, 7) is 2.21. The lowest BCUT2D eigenvalue weighted by Crippen LogP contribution is -2.07. The molecule has 2 heteroatoms. The fourth-order valence-corrected chi connectivity index (χ4v) is 1.89. The molecule has 1 aromatic rings. The Morgan fingerprint density at radius 3 is 2.38 bits per heavy atom. The number of aryl methyl sites for hydroxylation is 1. The molecule has 0 heterocycles. The molecular weight excluding hydrogens is 200 g/mol. The molecule has 0 aliphatic heterocycles. The number of aliphatic hydroxyl groups excluding tert-OH is 1. The van der Waals surface area contributed by atoms with Gasteiger partial charge in [-0.3, -0.25) is 0 Å². The summed E-state index contributed by atoms with van der Waals surface area (Å²) in [5, 5.41) is 18.8. The van der Waals surface area contributed by atoms with E-state index in [9.17, 15) is 5.11 Å². The molecule has 0 amide bonds. The maximum atomic E-state index is 9.74. The molecule has 16 heavy (non-hydrogen) atoms. The number of rotatable bonds is 5. The van der Waals surface area contributed by atoms with Crippen molar-refractivity contribution in [1.29, 1.82) is 0 Å². The van der Waals surface area contributed by atoms with E-state index in [0.717, 1.165) is 25.7 Å². The molecule has 0 aromatic heterocycles. The van der Waals surface area contributed by atoms with Gasteiger partial charge in [0.15, 0.2) is 0 Å². The summed E-state index contributed by atoms with van der Waals surface area (Å²) in [5.41, 5.74) is 2.10. The highest BCUT2D eigenvalue weighted by molar-refractivity contribution is 5.25. The number of aliphatic hydroxyl groups is 2. The van der Waals surface area contributed by atoms with Crippen LogP contribution in [0.3, 0.4) is 0 Å². The zero-order valence-corrected chi connectivity index (χ0v) is 9.82. The average Bonchev–Trinajstić information content (AvgIpc) is 3.05. The van der Waals surface area contributed by atoms with Crippen LogP contribution in [0.2, 0.25) is 0 Å². The van der Waals surface area contributed by atoms with E-state index in [-0.39, 0.29) is 18.1 Å². The summed E-state index contributed by atoms with van der Waals surface area (Å²) in [4.78, 5) is 0. The predicted molar refractivity (Wildman–Crippen MR) is 64.4 cm³/mol.